The van der Waals surface area contributed by atoms with Crippen LogP contribution in [0.25, 0.3) is 0 Å². The summed E-state index contributed by atoms with van der Waals surface area (Å²) in [7, 11) is 0.0180. The summed E-state index contributed by atoms with van der Waals surface area (Å²) >= 11 is 0. The van der Waals surface area contributed by atoms with Crippen molar-refractivity contribution in [1.29, 1.82) is 0 Å². The van der Waals surface area contributed by atoms with Gasteiger partial charge in [-0.3, -0.25) is 0 Å². The zero-order valence-electron chi connectivity index (χ0n) is 11.8. The van der Waals surface area contributed by atoms with Crippen LogP contribution in [0.2, 0.25) is 0 Å². The van der Waals surface area contributed by atoms with Gasteiger partial charge in [0.25, 0.3) is 10.2 Å². The molecule has 0 atom stereocenters. The minimum absolute atomic E-state index is 0.159. The molecule has 0 unspecified atom stereocenters. The van der Waals surface area contributed by atoms with Crippen molar-refractivity contribution < 1.29 is 8.42 Å². The molecule has 108 valence electrons. The maximum absolute atomic E-state index is 12.3. The molecule has 1 saturated carbocycles. The fraction of sp³-hybridized carbons (Fsp3) is 1.00. The normalized spacial score (nSPS) is 25.9. The van der Waals surface area contributed by atoms with Crippen molar-refractivity contribution in [3.63, 3.8) is 0 Å². The summed E-state index contributed by atoms with van der Waals surface area (Å²) in [5.74, 6) is 0.729. The lowest BCUT2D eigenvalue weighted by atomic mass is 9.87. The SMILES string of the molecule is CC1CCC(N(C)S(=O)(=O)N(C)CCCN)CC1. The van der Waals surface area contributed by atoms with Gasteiger partial charge in [0.1, 0.15) is 0 Å². The predicted molar refractivity (Wildman–Crippen MR) is 74.4 cm³/mol. The molecule has 0 bridgehead atoms. The van der Waals surface area contributed by atoms with Gasteiger partial charge in [-0.15, -0.1) is 0 Å². The van der Waals surface area contributed by atoms with Gasteiger partial charge in [-0.1, -0.05) is 6.92 Å². The van der Waals surface area contributed by atoms with Gasteiger partial charge in [-0.25, -0.2) is 0 Å². The summed E-state index contributed by atoms with van der Waals surface area (Å²) in [5.41, 5.74) is 5.42. The van der Waals surface area contributed by atoms with Crippen molar-refractivity contribution in [3.8, 4) is 0 Å². The molecule has 0 aromatic carbocycles. The summed E-state index contributed by atoms with van der Waals surface area (Å²) in [6.07, 6.45) is 4.89. The van der Waals surface area contributed by atoms with Gasteiger partial charge in [-0.2, -0.15) is 17.0 Å². The van der Waals surface area contributed by atoms with Gasteiger partial charge in [0, 0.05) is 26.7 Å². The average molecular weight is 277 g/mol. The summed E-state index contributed by atoms with van der Waals surface area (Å²) in [5, 5.41) is 0. The first-order valence-corrected chi connectivity index (χ1v) is 8.18. The molecule has 1 aliphatic rings. The van der Waals surface area contributed by atoms with Gasteiger partial charge in [0.15, 0.2) is 0 Å². The van der Waals surface area contributed by atoms with Crippen LogP contribution in [0.5, 0.6) is 0 Å². The molecular formula is C12H27N3O2S. The summed E-state index contributed by atoms with van der Waals surface area (Å²) < 4.78 is 27.6. The van der Waals surface area contributed by atoms with Crippen molar-refractivity contribution in [2.24, 2.45) is 11.7 Å². The molecule has 0 aromatic heterocycles. The smallest absolute Gasteiger partial charge is 0.281 e. The second-order valence-corrected chi connectivity index (χ2v) is 7.50. The molecule has 0 aliphatic heterocycles. The van der Waals surface area contributed by atoms with Crippen molar-refractivity contribution >= 4 is 10.2 Å². The number of rotatable bonds is 6. The van der Waals surface area contributed by atoms with Gasteiger partial charge in [0.2, 0.25) is 0 Å². The Morgan fingerprint density at radius 3 is 2.22 bits per heavy atom. The molecule has 5 nitrogen and oxygen atoms in total. The molecule has 0 aromatic rings. The minimum Gasteiger partial charge on any atom is -0.330 e. The van der Waals surface area contributed by atoms with Crippen LogP contribution in [0, 0.1) is 5.92 Å². The van der Waals surface area contributed by atoms with Crippen LogP contribution in [0.15, 0.2) is 0 Å². The van der Waals surface area contributed by atoms with Gasteiger partial charge >= 0.3 is 0 Å². The summed E-state index contributed by atoms with van der Waals surface area (Å²) in [6.45, 7) is 3.24. The third kappa shape index (κ3) is 3.91. The molecule has 6 heteroatoms. The lowest BCUT2D eigenvalue weighted by Gasteiger charge is -2.34. The molecule has 1 fully saturated rings. The highest BCUT2D eigenvalue weighted by molar-refractivity contribution is 7.86. The molecule has 0 amide bonds. The van der Waals surface area contributed by atoms with Gasteiger partial charge in [-0.05, 0) is 44.6 Å². The van der Waals surface area contributed by atoms with E-state index in [1.165, 1.54) is 4.31 Å². The van der Waals surface area contributed by atoms with Crippen molar-refractivity contribution in [2.45, 2.75) is 45.1 Å². The summed E-state index contributed by atoms with van der Waals surface area (Å²) in [4.78, 5) is 0. The first-order valence-electron chi connectivity index (χ1n) is 6.79. The van der Waals surface area contributed by atoms with Crippen molar-refractivity contribution in [3.05, 3.63) is 0 Å². The molecule has 0 spiro atoms. The number of nitrogens with zero attached hydrogens (tertiary/aromatic N) is 2. The topological polar surface area (TPSA) is 66.6 Å². The number of hydrogen-bond acceptors (Lipinski definition) is 3. The Balaban J connectivity index is 2.60. The fourth-order valence-electron chi connectivity index (χ4n) is 2.44. The lowest BCUT2D eigenvalue weighted by molar-refractivity contribution is 0.235. The van der Waals surface area contributed by atoms with E-state index in [-0.39, 0.29) is 6.04 Å². The molecule has 0 saturated heterocycles. The van der Waals surface area contributed by atoms with E-state index in [2.05, 4.69) is 6.92 Å². The second kappa shape index (κ2) is 6.84. The van der Waals surface area contributed by atoms with Crippen LogP contribution < -0.4 is 5.73 Å². The van der Waals surface area contributed by atoms with Crippen LogP contribution in [0.3, 0.4) is 0 Å². The first kappa shape index (κ1) is 15.9. The zero-order valence-corrected chi connectivity index (χ0v) is 12.6. The third-order valence-electron chi connectivity index (χ3n) is 3.93. The van der Waals surface area contributed by atoms with E-state index in [4.69, 9.17) is 5.73 Å². The van der Waals surface area contributed by atoms with Crippen LogP contribution in [-0.2, 0) is 10.2 Å². The quantitative estimate of drug-likeness (QED) is 0.788. The van der Waals surface area contributed by atoms with Crippen molar-refractivity contribution in [1.82, 2.24) is 8.61 Å². The maximum Gasteiger partial charge on any atom is 0.281 e. The van der Waals surface area contributed by atoms with Crippen molar-refractivity contribution in [2.75, 3.05) is 27.2 Å². The third-order valence-corrected chi connectivity index (χ3v) is 5.93. The number of hydrogen-bond donors (Lipinski definition) is 1. The zero-order chi connectivity index (χ0) is 13.8. The monoisotopic (exact) mass is 277 g/mol. The van der Waals surface area contributed by atoms with Gasteiger partial charge < -0.3 is 5.73 Å². The average Bonchev–Trinajstić information content (AvgIpc) is 2.35. The second-order valence-electron chi connectivity index (χ2n) is 5.40. The fourth-order valence-corrected chi connectivity index (χ4v) is 3.83. The Morgan fingerprint density at radius 1 is 1.17 bits per heavy atom. The Bertz CT molecular complexity index is 337. The highest BCUT2D eigenvalue weighted by Gasteiger charge is 2.31. The minimum atomic E-state index is -3.32. The van der Waals surface area contributed by atoms with E-state index in [1.54, 1.807) is 18.4 Å². The lowest BCUT2D eigenvalue weighted by Crippen LogP contribution is -2.46. The van der Waals surface area contributed by atoms with Crippen LogP contribution in [0.4, 0.5) is 0 Å². The van der Waals surface area contributed by atoms with E-state index in [9.17, 15) is 8.42 Å². The van der Waals surface area contributed by atoms with Gasteiger partial charge in [0.05, 0.1) is 0 Å². The highest BCUT2D eigenvalue weighted by atomic mass is 32.2. The molecule has 0 heterocycles. The van der Waals surface area contributed by atoms with Crippen LogP contribution in [-0.4, -0.2) is 50.3 Å². The highest BCUT2D eigenvalue weighted by Crippen LogP contribution is 2.28. The molecule has 1 rings (SSSR count). The van der Waals surface area contributed by atoms with E-state index in [1.807, 2.05) is 0 Å². The molecule has 1 aliphatic carbocycles. The predicted octanol–water partition coefficient (Wildman–Crippen LogP) is 1.02. The maximum atomic E-state index is 12.3. The Kier molecular flexibility index (Phi) is 6.04. The molecule has 2 N–H and O–H groups in total. The Morgan fingerprint density at radius 2 is 1.72 bits per heavy atom. The Hall–Kier alpha value is -0.170. The molecule has 18 heavy (non-hydrogen) atoms. The van der Waals surface area contributed by atoms with E-state index < -0.39 is 10.2 Å². The number of nitrogens with two attached hydrogens (primary N) is 1. The molecule has 0 radical (unpaired) electrons. The Labute approximate surface area is 112 Å². The standard InChI is InChI=1S/C12H27N3O2S/c1-11-5-7-12(8-6-11)15(3)18(16,17)14(2)10-4-9-13/h11-12H,4-10,13H2,1-3H3. The summed E-state index contributed by atoms with van der Waals surface area (Å²) in [6, 6.07) is 0.159. The first-order chi connectivity index (χ1) is 8.39. The van der Waals surface area contributed by atoms with E-state index in [0.717, 1.165) is 31.6 Å². The largest absolute Gasteiger partial charge is 0.330 e. The van der Waals surface area contributed by atoms with E-state index in [0.29, 0.717) is 19.5 Å². The van der Waals surface area contributed by atoms with Crippen LogP contribution >= 0.6 is 0 Å². The van der Waals surface area contributed by atoms with Crippen LogP contribution in [0.1, 0.15) is 39.0 Å². The molecular weight excluding hydrogens is 250 g/mol. The van der Waals surface area contributed by atoms with E-state index >= 15 is 0 Å².